The molecule has 17 heavy (non-hydrogen) atoms. The quantitative estimate of drug-likeness (QED) is 0.774. The highest BCUT2D eigenvalue weighted by Gasteiger charge is 2.16. The Morgan fingerprint density at radius 1 is 1.53 bits per heavy atom. The van der Waals surface area contributed by atoms with E-state index in [4.69, 9.17) is 0 Å². The highest BCUT2D eigenvalue weighted by atomic mass is 35.5. The molecular weight excluding hydrogens is 238 g/mol. The van der Waals surface area contributed by atoms with Crippen molar-refractivity contribution in [3.8, 4) is 0 Å². The van der Waals surface area contributed by atoms with Crippen LogP contribution >= 0.6 is 12.4 Å². The molecule has 1 aliphatic heterocycles. The van der Waals surface area contributed by atoms with Gasteiger partial charge in [-0.15, -0.1) is 12.4 Å². The van der Waals surface area contributed by atoms with Crippen LogP contribution in [0.25, 0.3) is 0 Å². The molecule has 0 saturated carbocycles. The monoisotopic (exact) mass is 263 g/mol. The number of rotatable bonds is 5. The largest absolute Gasteiger partial charge is 0.353 e. The summed E-state index contributed by atoms with van der Waals surface area (Å²) in [6.07, 6.45) is 2.54. The third-order valence-corrected chi connectivity index (χ3v) is 2.83. The summed E-state index contributed by atoms with van der Waals surface area (Å²) in [5, 5.41) is 6.31. The van der Waals surface area contributed by atoms with E-state index in [9.17, 15) is 4.79 Å². The Hall–Kier alpha value is -0.320. The fourth-order valence-corrected chi connectivity index (χ4v) is 2.20. The summed E-state index contributed by atoms with van der Waals surface area (Å²) < 4.78 is 0. The molecule has 4 nitrogen and oxygen atoms in total. The number of nitrogens with zero attached hydrogens (tertiary/aromatic N) is 1. The zero-order valence-electron chi connectivity index (χ0n) is 11.2. The van der Waals surface area contributed by atoms with Gasteiger partial charge >= 0.3 is 0 Å². The van der Waals surface area contributed by atoms with Gasteiger partial charge in [0.1, 0.15) is 0 Å². The molecule has 0 spiro atoms. The molecule has 1 saturated heterocycles. The average molecular weight is 264 g/mol. The number of hydrogen-bond donors (Lipinski definition) is 2. The first-order chi connectivity index (χ1) is 7.58. The molecule has 1 aliphatic rings. The van der Waals surface area contributed by atoms with Crippen LogP contribution in [-0.2, 0) is 4.79 Å². The van der Waals surface area contributed by atoms with E-state index in [-0.39, 0.29) is 24.4 Å². The van der Waals surface area contributed by atoms with Crippen molar-refractivity contribution in [3.05, 3.63) is 0 Å². The second-order valence-corrected chi connectivity index (χ2v) is 5.13. The Morgan fingerprint density at radius 3 is 2.76 bits per heavy atom. The molecule has 0 aromatic heterocycles. The maximum absolute atomic E-state index is 11.5. The molecule has 0 aromatic rings. The Labute approximate surface area is 111 Å². The number of amides is 1. The van der Waals surface area contributed by atoms with Crippen molar-refractivity contribution in [2.75, 3.05) is 33.2 Å². The molecule has 1 rings (SSSR count). The van der Waals surface area contributed by atoms with Gasteiger partial charge < -0.3 is 10.6 Å². The van der Waals surface area contributed by atoms with Gasteiger partial charge in [0.15, 0.2) is 0 Å². The van der Waals surface area contributed by atoms with Crippen molar-refractivity contribution in [3.63, 3.8) is 0 Å². The SMILES string of the molecule is CC(C)NC(=O)CN(C)CC1CCCNC1.Cl. The zero-order chi connectivity index (χ0) is 12.0. The first-order valence-corrected chi connectivity index (χ1v) is 6.26. The fraction of sp³-hybridized carbons (Fsp3) is 0.917. The van der Waals surface area contributed by atoms with Gasteiger partial charge in [-0.1, -0.05) is 0 Å². The van der Waals surface area contributed by atoms with E-state index >= 15 is 0 Å². The molecule has 0 bridgehead atoms. The van der Waals surface area contributed by atoms with E-state index in [0.717, 1.165) is 19.6 Å². The van der Waals surface area contributed by atoms with E-state index in [1.807, 2.05) is 20.9 Å². The van der Waals surface area contributed by atoms with Crippen molar-refractivity contribution in [2.24, 2.45) is 5.92 Å². The Balaban J connectivity index is 0.00000256. The first kappa shape index (κ1) is 16.7. The van der Waals surface area contributed by atoms with Gasteiger partial charge in [-0.25, -0.2) is 0 Å². The van der Waals surface area contributed by atoms with E-state index in [0.29, 0.717) is 12.5 Å². The Bertz CT molecular complexity index is 218. The van der Waals surface area contributed by atoms with Crippen molar-refractivity contribution < 1.29 is 4.79 Å². The number of likely N-dealkylation sites (N-methyl/N-ethyl adjacent to an activating group) is 1. The molecular formula is C12H26ClN3O. The van der Waals surface area contributed by atoms with Crippen LogP contribution in [0.2, 0.25) is 0 Å². The van der Waals surface area contributed by atoms with Crippen LogP contribution in [0.5, 0.6) is 0 Å². The summed E-state index contributed by atoms with van der Waals surface area (Å²) in [6, 6.07) is 0.234. The third kappa shape index (κ3) is 7.58. The second kappa shape index (κ2) is 8.72. The highest BCUT2D eigenvalue weighted by molar-refractivity contribution is 5.85. The number of nitrogens with one attached hydrogen (secondary N) is 2. The van der Waals surface area contributed by atoms with Gasteiger partial charge in [-0.2, -0.15) is 0 Å². The minimum Gasteiger partial charge on any atom is -0.353 e. The molecule has 102 valence electrons. The molecule has 0 aromatic carbocycles. The Kier molecular flexibility index (Phi) is 8.56. The number of carbonyl (C=O) groups is 1. The lowest BCUT2D eigenvalue weighted by atomic mass is 9.99. The van der Waals surface area contributed by atoms with E-state index in [2.05, 4.69) is 15.5 Å². The van der Waals surface area contributed by atoms with Crippen LogP contribution in [0.3, 0.4) is 0 Å². The van der Waals surface area contributed by atoms with Crippen LogP contribution in [0.15, 0.2) is 0 Å². The number of piperidine rings is 1. The standard InChI is InChI=1S/C12H25N3O.ClH/c1-10(2)14-12(16)9-15(3)8-11-5-4-6-13-7-11;/h10-11,13H,4-9H2,1-3H3,(H,14,16);1H. The van der Waals surface area contributed by atoms with Gasteiger partial charge in [0, 0.05) is 12.6 Å². The van der Waals surface area contributed by atoms with Crippen molar-refractivity contribution in [1.82, 2.24) is 15.5 Å². The summed E-state index contributed by atoms with van der Waals surface area (Å²) in [4.78, 5) is 13.7. The van der Waals surface area contributed by atoms with Crippen LogP contribution in [0, 0.1) is 5.92 Å². The second-order valence-electron chi connectivity index (χ2n) is 5.13. The van der Waals surface area contributed by atoms with Gasteiger partial charge in [0.2, 0.25) is 5.91 Å². The topological polar surface area (TPSA) is 44.4 Å². The van der Waals surface area contributed by atoms with E-state index in [1.54, 1.807) is 0 Å². The number of hydrogen-bond acceptors (Lipinski definition) is 3. The van der Waals surface area contributed by atoms with Gasteiger partial charge in [0.25, 0.3) is 0 Å². The van der Waals surface area contributed by atoms with Gasteiger partial charge in [-0.05, 0) is 52.7 Å². The lowest BCUT2D eigenvalue weighted by Crippen LogP contribution is -2.42. The minimum absolute atomic E-state index is 0. The van der Waals surface area contributed by atoms with E-state index in [1.165, 1.54) is 12.8 Å². The molecule has 1 atom stereocenters. The summed E-state index contributed by atoms with van der Waals surface area (Å²) in [6.45, 7) is 7.74. The smallest absolute Gasteiger partial charge is 0.234 e. The maximum Gasteiger partial charge on any atom is 0.234 e. The average Bonchev–Trinajstić information content (AvgIpc) is 2.17. The molecule has 1 amide bonds. The Morgan fingerprint density at radius 2 is 2.24 bits per heavy atom. The molecule has 0 aliphatic carbocycles. The van der Waals surface area contributed by atoms with Crippen LogP contribution in [-0.4, -0.2) is 50.1 Å². The van der Waals surface area contributed by atoms with E-state index < -0.39 is 0 Å². The van der Waals surface area contributed by atoms with Crippen molar-refractivity contribution >= 4 is 18.3 Å². The molecule has 1 heterocycles. The van der Waals surface area contributed by atoms with Gasteiger partial charge in [0.05, 0.1) is 6.54 Å². The van der Waals surface area contributed by atoms with Crippen LogP contribution < -0.4 is 10.6 Å². The number of carbonyl (C=O) groups excluding carboxylic acids is 1. The number of halogens is 1. The van der Waals surface area contributed by atoms with Crippen LogP contribution in [0.4, 0.5) is 0 Å². The highest BCUT2D eigenvalue weighted by Crippen LogP contribution is 2.10. The van der Waals surface area contributed by atoms with Crippen molar-refractivity contribution in [1.29, 1.82) is 0 Å². The predicted octanol–water partition coefficient (Wildman–Crippen LogP) is 0.864. The summed E-state index contributed by atoms with van der Waals surface area (Å²) >= 11 is 0. The molecule has 2 N–H and O–H groups in total. The minimum atomic E-state index is 0. The summed E-state index contributed by atoms with van der Waals surface area (Å²) in [5.74, 6) is 0.826. The fourth-order valence-electron chi connectivity index (χ4n) is 2.20. The molecule has 5 heteroatoms. The zero-order valence-corrected chi connectivity index (χ0v) is 12.0. The van der Waals surface area contributed by atoms with Crippen LogP contribution in [0.1, 0.15) is 26.7 Å². The molecule has 0 radical (unpaired) electrons. The summed E-state index contributed by atoms with van der Waals surface area (Å²) in [7, 11) is 2.02. The lowest BCUT2D eigenvalue weighted by molar-refractivity contribution is -0.122. The first-order valence-electron chi connectivity index (χ1n) is 6.26. The molecule has 1 fully saturated rings. The normalized spacial score (nSPS) is 20.2. The molecule has 1 unspecified atom stereocenters. The summed E-state index contributed by atoms with van der Waals surface area (Å²) in [5.41, 5.74) is 0. The third-order valence-electron chi connectivity index (χ3n) is 2.83. The van der Waals surface area contributed by atoms with Crippen molar-refractivity contribution in [2.45, 2.75) is 32.7 Å². The predicted molar refractivity (Wildman–Crippen MR) is 73.6 cm³/mol. The van der Waals surface area contributed by atoms with Gasteiger partial charge in [-0.3, -0.25) is 9.69 Å². The maximum atomic E-state index is 11.5. The lowest BCUT2D eigenvalue weighted by Gasteiger charge is -2.27.